The Labute approximate surface area is 106 Å². The van der Waals surface area contributed by atoms with Gasteiger partial charge >= 0.3 is 0 Å². The van der Waals surface area contributed by atoms with Crippen molar-refractivity contribution in [2.75, 3.05) is 11.1 Å². The largest absolute Gasteiger partial charge is 0.396 e. The summed E-state index contributed by atoms with van der Waals surface area (Å²) in [6, 6.07) is 9.39. The van der Waals surface area contributed by atoms with E-state index < -0.39 is 0 Å². The molecule has 0 aliphatic carbocycles. The summed E-state index contributed by atoms with van der Waals surface area (Å²) in [5.74, 6) is 0.662. The molecular formula is C13H14ClN3. The van der Waals surface area contributed by atoms with Crippen molar-refractivity contribution in [3.63, 3.8) is 0 Å². The Hall–Kier alpha value is -1.74. The summed E-state index contributed by atoms with van der Waals surface area (Å²) in [6.07, 6.45) is 0. The molecule has 1 aromatic carbocycles. The third-order valence-corrected chi connectivity index (χ3v) is 2.75. The first kappa shape index (κ1) is 11.7. The molecule has 0 fully saturated rings. The van der Waals surface area contributed by atoms with E-state index in [0.717, 1.165) is 16.9 Å². The second-order valence-corrected chi connectivity index (χ2v) is 4.41. The van der Waals surface area contributed by atoms with Gasteiger partial charge in [-0.25, -0.2) is 4.98 Å². The molecule has 3 N–H and O–H groups in total. The van der Waals surface area contributed by atoms with Gasteiger partial charge in [0.15, 0.2) is 5.82 Å². The van der Waals surface area contributed by atoms with E-state index in [2.05, 4.69) is 10.3 Å². The summed E-state index contributed by atoms with van der Waals surface area (Å²) in [5.41, 5.74) is 9.42. The quantitative estimate of drug-likeness (QED) is 0.851. The van der Waals surface area contributed by atoms with Crippen LogP contribution in [0, 0.1) is 13.8 Å². The zero-order valence-corrected chi connectivity index (χ0v) is 10.5. The fourth-order valence-electron chi connectivity index (χ4n) is 1.52. The van der Waals surface area contributed by atoms with Crippen molar-refractivity contribution in [1.82, 2.24) is 4.98 Å². The molecule has 0 saturated carbocycles. The molecule has 2 aromatic rings. The van der Waals surface area contributed by atoms with Gasteiger partial charge in [-0.15, -0.1) is 0 Å². The van der Waals surface area contributed by atoms with E-state index >= 15 is 0 Å². The first-order valence-corrected chi connectivity index (χ1v) is 5.70. The minimum atomic E-state index is 0.620. The Balaban J connectivity index is 2.37. The van der Waals surface area contributed by atoms with E-state index in [1.807, 2.05) is 44.2 Å². The van der Waals surface area contributed by atoms with E-state index in [-0.39, 0.29) is 0 Å². The summed E-state index contributed by atoms with van der Waals surface area (Å²) in [7, 11) is 0. The zero-order valence-electron chi connectivity index (χ0n) is 9.79. The lowest BCUT2D eigenvalue weighted by Gasteiger charge is -2.11. The minimum absolute atomic E-state index is 0.620. The molecule has 4 heteroatoms. The van der Waals surface area contributed by atoms with Crippen molar-refractivity contribution in [1.29, 1.82) is 0 Å². The molecule has 2 rings (SSSR count). The number of nitrogen functional groups attached to an aromatic ring is 1. The standard InChI is InChI=1S/C13H14ClN3/c1-8-3-5-10(14)7-12(8)17-13-11(15)6-4-9(2)16-13/h3-7H,15H2,1-2H3,(H,16,17). The molecule has 0 atom stereocenters. The molecule has 0 bridgehead atoms. The molecule has 0 unspecified atom stereocenters. The first-order valence-electron chi connectivity index (χ1n) is 5.32. The van der Waals surface area contributed by atoms with Gasteiger partial charge in [0, 0.05) is 16.4 Å². The monoisotopic (exact) mass is 247 g/mol. The number of nitrogens with two attached hydrogens (primary N) is 1. The number of aromatic nitrogens is 1. The molecular weight excluding hydrogens is 234 g/mol. The number of benzene rings is 1. The SMILES string of the molecule is Cc1ccc(N)c(Nc2cc(Cl)ccc2C)n1. The minimum Gasteiger partial charge on any atom is -0.396 e. The predicted octanol–water partition coefficient (Wildman–Crippen LogP) is 3.68. The van der Waals surface area contributed by atoms with Crippen LogP contribution in [0.5, 0.6) is 0 Å². The molecule has 17 heavy (non-hydrogen) atoms. The predicted molar refractivity (Wildman–Crippen MR) is 72.9 cm³/mol. The topological polar surface area (TPSA) is 50.9 Å². The average Bonchev–Trinajstić information content (AvgIpc) is 2.28. The van der Waals surface area contributed by atoms with Crippen LogP contribution in [0.4, 0.5) is 17.2 Å². The fourth-order valence-corrected chi connectivity index (χ4v) is 1.70. The molecule has 0 saturated heterocycles. The van der Waals surface area contributed by atoms with Crippen LogP contribution in [-0.4, -0.2) is 4.98 Å². The smallest absolute Gasteiger partial charge is 0.153 e. The van der Waals surface area contributed by atoms with E-state index in [1.54, 1.807) is 0 Å². The Morgan fingerprint density at radius 2 is 1.94 bits per heavy atom. The highest BCUT2D eigenvalue weighted by molar-refractivity contribution is 6.30. The van der Waals surface area contributed by atoms with Crippen molar-refractivity contribution in [3.05, 3.63) is 46.6 Å². The third kappa shape index (κ3) is 2.68. The normalized spacial score (nSPS) is 10.3. The number of hydrogen-bond donors (Lipinski definition) is 2. The Morgan fingerprint density at radius 1 is 1.18 bits per heavy atom. The van der Waals surface area contributed by atoms with Gasteiger partial charge in [0.2, 0.25) is 0 Å². The summed E-state index contributed by atoms with van der Waals surface area (Å²) >= 11 is 5.96. The van der Waals surface area contributed by atoms with Crippen LogP contribution < -0.4 is 11.1 Å². The van der Waals surface area contributed by atoms with Crippen molar-refractivity contribution >= 4 is 28.8 Å². The fraction of sp³-hybridized carbons (Fsp3) is 0.154. The third-order valence-electron chi connectivity index (χ3n) is 2.52. The van der Waals surface area contributed by atoms with Crippen molar-refractivity contribution in [2.24, 2.45) is 0 Å². The second-order valence-electron chi connectivity index (χ2n) is 3.97. The van der Waals surface area contributed by atoms with Gasteiger partial charge in [-0.05, 0) is 43.7 Å². The van der Waals surface area contributed by atoms with Crippen molar-refractivity contribution in [2.45, 2.75) is 13.8 Å². The van der Waals surface area contributed by atoms with E-state index in [4.69, 9.17) is 17.3 Å². The lowest BCUT2D eigenvalue weighted by atomic mass is 10.2. The summed E-state index contributed by atoms with van der Waals surface area (Å²) in [4.78, 5) is 4.36. The van der Waals surface area contributed by atoms with Crippen LogP contribution in [-0.2, 0) is 0 Å². The summed E-state index contributed by atoms with van der Waals surface area (Å²) in [5, 5.41) is 3.89. The maximum atomic E-state index is 5.96. The highest BCUT2D eigenvalue weighted by Gasteiger charge is 2.04. The molecule has 0 radical (unpaired) electrons. The first-order chi connectivity index (χ1) is 8.06. The van der Waals surface area contributed by atoms with Gasteiger partial charge in [0.05, 0.1) is 5.69 Å². The number of rotatable bonds is 2. The van der Waals surface area contributed by atoms with Gasteiger partial charge in [-0.2, -0.15) is 0 Å². The highest BCUT2D eigenvalue weighted by atomic mass is 35.5. The van der Waals surface area contributed by atoms with Gasteiger partial charge in [-0.1, -0.05) is 17.7 Å². The number of nitrogens with one attached hydrogen (secondary N) is 1. The van der Waals surface area contributed by atoms with Crippen molar-refractivity contribution < 1.29 is 0 Å². The van der Waals surface area contributed by atoms with Crippen LogP contribution in [0.2, 0.25) is 5.02 Å². The van der Waals surface area contributed by atoms with E-state index in [0.29, 0.717) is 16.5 Å². The second kappa shape index (κ2) is 4.63. The van der Waals surface area contributed by atoms with E-state index in [9.17, 15) is 0 Å². The molecule has 88 valence electrons. The number of pyridine rings is 1. The van der Waals surface area contributed by atoms with Crippen LogP contribution in [0.15, 0.2) is 30.3 Å². The molecule has 0 spiro atoms. The molecule has 0 amide bonds. The molecule has 1 heterocycles. The van der Waals surface area contributed by atoms with Gasteiger partial charge in [-0.3, -0.25) is 0 Å². The van der Waals surface area contributed by atoms with Gasteiger partial charge in [0.1, 0.15) is 0 Å². The summed E-state index contributed by atoms with van der Waals surface area (Å²) < 4.78 is 0. The molecule has 0 aliphatic rings. The van der Waals surface area contributed by atoms with Crippen molar-refractivity contribution in [3.8, 4) is 0 Å². The maximum absolute atomic E-state index is 5.96. The number of anilines is 3. The molecule has 3 nitrogen and oxygen atoms in total. The number of nitrogens with zero attached hydrogens (tertiary/aromatic N) is 1. The van der Waals surface area contributed by atoms with Crippen LogP contribution in [0.3, 0.4) is 0 Å². The van der Waals surface area contributed by atoms with E-state index in [1.165, 1.54) is 0 Å². The lowest BCUT2D eigenvalue weighted by molar-refractivity contribution is 1.20. The maximum Gasteiger partial charge on any atom is 0.153 e. The Bertz CT molecular complexity index is 503. The lowest BCUT2D eigenvalue weighted by Crippen LogP contribution is -2.01. The van der Waals surface area contributed by atoms with Crippen LogP contribution in [0.25, 0.3) is 0 Å². The summed E-state index contributed by atoms with van der Waals surface area (Å²) in [6.45, 7) is 3.93. The number of halogens is 1. The number of hydrogen-bond acceptors (Lipinski definition) is 3. The number of aryl methyl sites for hydroxylation is 2. The Kier molecular flexibility index (Phi) is 3.20. The van der Waals surface area contributed by atoms with Crippen LogP contribution >= 0.6 is 11.6 Å². The molecule has 0 aliphatic heterocycles. The van der Waals surface area contributed by atoms with Gasteiger partial charge in [0.25, 0.3) is 0 Å². The molecule has 1 aromatic heterocycles. The zero-order chi connectivity index (χ0) is 12.4. The van der Waals surface area contributed by atoms with Crippen LogP contribution in [0.1, 0.15) is 11.3 Å². The highest BCUT2D eigenvalue weighted by Crippen LogP contribution is 2.26. The average molecular weight is 248 g/mol. The van der Waals surface area contributed by atoms with Gasteiger partial charge < -0.3 is 11.1 Å². The Morgan fingerprint density at radius 3 is 2.71 bits per heavy atom.